The van der Waals surface area contributed by atoms with Gasteiger partial charge in [0.05, 0.1) is 31.5 Å². The Morgan fingerprint density at radius 1 is 0.455 bits per heavy atom. The molecular formula is C26H46O18. The number of hydrogen-bond acceptors (Lipinski definition) is 18. The number of aliphatic hydroxyl groups is 10. The van der Waals surface area contributed by atoms with E-state index in [1.54, 1.807) is 6.92 Å². The van der Waals surface area contributed by atoms with Crippen molar-refractivity contribution in [2.24, 2.45) is 5.92 Å². The van der Waals surface area contributed by atoms with Crippen LogP contribution in [0, 0.1) is 5.92 Å². The topological polar surface area (TPSA) is 276 Å². The standard InChI is InChI=1S/C26H46O18/c1-7-20(42-24-18(35)15(32)12(29)8(2)38-24)21(11(6-28)41-23(7)37-4)43-26-22(17(34)14(31)10(5-27)40-26)44-25-19(36)16(33)13(30)9(3)39-25/h7-36H,5-6H2,1-4H3/t7?,8?,9?,10?,11?,12-,13-,14+,15+,16+,17+,18?,19?,20-,21-,22?,23?,24+,25+,26+/m1/s1. The molecular weight excluding hydrogens is 600 g/mol. The SMILES string of the molecule is COC1OC(CO)[C@@H](O[C@@H]2OC(CO)[C@H](O)[C@H](O)C2O[C@@H]2OC(C)[C@@H](O)[C@H](O)C2O)[C@H](O[C@@H]2OC(C)[C@@H](O)[C@H](O)C2O)C1C. The number of ether oxygens (including phenoxy) is 8. The van der Waals surface area contributed by atoms with Gasteiger partial charge in [-0.05, 0) is 13.8 Å². The fraction of sp³-hybridized carbons (Fsp3) is 1.00. The maximum atomic E-state index is 11.0. The molecule has 0 saturated carbocycles. The van der Waals surface area contributed by atoms with Gasteiger partial charge in [0.1, 0.15) is 73.2 Å². The van der Waals surface area contributed by atoms with Crippen LogP contribution in [0.3, 0.4) is 0 Å². The molecule has 18 heteroatoms. The molecule has 0 radical (unpaired) electrons. The van der Waals surface area contributed by atoms with E-state index >= 15 is 0 Å². The second-order valence-corrected chi connectivity index (χ2v) is 11.7. The summed E-state index contributed by atoms with van der Waals surface area (Å²) < 4.78 is 46.1. The van der Waals surface area contributed by atoms with E-state index in [4.69, 9.17) is 37.9 Å². The summed E-state index contributed by atoms with van der Waals surface area (Å²) >= 11 is 0. The van der Waals surface area contributed by atoms with E-state index in [1.807, 2.05) is 0 Å². The maximum absolute atomic E-state index is 11.0. The van der Waals surface area contributed by atoms with Crippen molar-refractivity contribution in [3.8, 4) is 0 Å². The van der Waals surface area contributed by atoms with Crippen LogP contribution in [0.1, 0.15) is 20.8 Å². The lowest BCUT2D eigenvalue weighted by molar-refractivity contribution is -0.395. The van der Waals surface area contributed by atoms with Crippen LogP contribution in [0.25, 0.3) is 0 Å². The van der Waals surface area contributed by atoms with Crippen molar-refractivity contribution >= 4 is 0 Å². The first-order chi connectivity index (χ1) is 20.7. The van der Waals surface area contributed by atoms with E-state index in [0.29, 0.717) is 0 Å². The highest BCUT2D eigenvalue weighted by Gasteiger charge is 2.55. The lowest BCUT2D eigenvalue weighted by atomic mass is 9.91. The first kappa shape index (κ1) is 36.1. The van der Waals surface area contributed by atoms with Crippen molar-refractivity contribution in [2.45, 2.75) is 137 Å². The summed E-state index contributed by atoms with van der Waals surface area (Å²) in [5.41, 5.74) is 0. The van der Waals surface area contributed by atoms with Gasteiger partial charge in [-0.2, -0.15) is 0 Å². The maximum Gasteiger partial charge on any atom is 0.187 e. The largest absolute Gasteiger partial charge is 0.394 e. The zero-order valence-corrected chi connectivity index (χ0v) is 24.7. The fourth-order valence-electron chi connectivity index (χ4n) is 5.85. The molecule has 9 unspecified atom stereocenters. The van der Waals surface area contributed by atoms with Crippen molar-refractivity contribution in [3.05, 3.63) is 0 Å². The van der Waals surface area contributed by atoms with Crippen molar-refractivity contribution in [2.75, 3.05) is 20.3 Å². The predicted molar refractivity (Wildman–Crippen MR) is 139 cm³/mol. The van der Waals surface area contributed by atoms with Gasteiger partial charge < -0.3 is 89.0 Å². The smallest absolute Gasteiger partial charge is 0.187 e. The molecule has 4 aliphatic heterocycles. The summed E-state index contributed by atoms with van der Waals surface area (Å²) in [6.07, 6.45) is -27.7. The van der Waals surface area contributed by atoms with Gasteiger partial charge in [0, 0.05) is 13.0 Å². The predicted octanol–water partition coefficient (Wildman–Crippen LogP) is -5.76. The molecule has 44 heavy (non-hydrogen) atoms. The molecule has 10 N–H and O–H groups in total. The Balaban J connectivity index is 1.63. The van der Waals surface area contributed by atoms with Crippen molar-refractivity contribution in [3.63, 3.8) is 0 Å². The average Bonchev–Trinajstić information content (AvgIpc) is 3.01. The van der Waals surface area contributed by atoms with Crippen molar-refractivity contribution < 1.29 is 89.0 Å². The number of methoxy groups -OCH3 is 1. The Kier molecular flexibility index (Phi) is 12.3. The van der Waals surface area contributed by atoms with E-state index in [9.17, 15) is 51.1 Å². The fourth-order valence-corrected chi connectivity index (χ4v) is 5.85. The molecule has 0 aromatic heterocycles. The van der Waals surface area contributed by atoms with Gasteiger partial charge in [-0.3, -0.25) is 0 Å². The highest BCUT2D eigenvalue weighted by molar-refractivity contribution is 4.97. The molecule has 4 aliphatic rings. The van der Waals surface area contributed by atoms with E-state index in [1.165, 1.54) is 21.0 Å². The second-order valence-electron chi connectivity index (χ2n) is 11.7. The second kappa shape index (κ2) is 15.0. The molecule has 0 amide bonds. The van der Waals surface area contributed by atoms with Crippen LogP contribution in [0.2, 0.25) is 0 Å². The first-order valence-electron chi connectivity index (χ1n) is 14.5. The van der Waals surface area contributed by atoms with Gasteiger partial charge in [-0.1, -0.05) is 6.92 Å². The monoisotopic (exact) mass is 646 g/mol. The number of hydrogen-bond donors (Lipinski definition) is 10. The Morgan fingerprint density at radius 2 is 0.909 bits per heavy atom. The molecule has 4 saturated heterocycles. The van der Waals surface area contributed by atoms with Crippen LogP contribution < -0.4 is 0 Å². The minimum Gasteiger partial charge on any atom is -0.394 e. The Labute approximate surface area is 253 Å². The molecule has 0 aliphatic carbocycles. The summed E-state index contributed by atoms with van der Waals surface area (Å²) in [5, 5.41) is 104. The molecule has 0 aromatic carbocycles. The summed E-state index contributed by atoms with van der Waals surface area (Å²) in [4.78, 5) is 0. The van der Waals surface area contributed by atoms with Gasteiger partial charge in [-0.25, -0.2) is 0 Å². The van der Waals surface area contributed by atoms with E-state index in [0.717, 1.165) is 0 Å². The third kappa shape index (κ3) is 7.08. The highest BCUT2D eigenvalue weighted by atomic mass is 16.8. The van der Waals surface area contributed by atoms with Crippen LogP contribution in [0.5, 0.6) is 0 Å². The molecule has 258 valence electrons. The summed E-state index contributed by atoms with van der Waals surface area (Å²) in [7, 11) is 1.35. The minimum absolute atomic E-state index is 0.665. The van der Waals surface area contributed by atoms with Crippen molar-refractivity contribution in [1.29, 1.82) is 0 Å². The zero-order valence-electron chi connectivity index (χ0n) is 24.7. The molecule has 0 spiro atoms. The lowest BCUT2D eigenvalue weighted by Crippen LogP contribution is -2.67. The van der Waals surface area contributed by atoms with Gasteiger partial charge in [0.2, 0.25) is 0 Å². The molecule has 4 fully saturated rings. The summed E-state index contributed by atoms with van der Waals surface area (Å²) in [5.74, 6) is -0.712. The molecule has 4 rings (SSSR count). The minimum atomic E-state index is -1.82. The zero-order chi connectivity index (χ0) is 32.6. The number of aliphatic hydroxyl groups excluding tert-OH is 10. The van der Waals surface area contributed by atoms with Gasteiger partial charge >= 0.3 is 0 Å². The van der Waals surface area contributed by atoms with Gasteiger partial charge in [0.25, 0.3) is 0 Å². The van der Waals surface area contributed by atoms with E-state index in [-0.39, 0.29) is 0 Å². The van der Waals surface area contributed by atoms with E-state index < -0.39 is 136 Å². The molecule has 0 bridgehead atoms. The van der Waals surface area contributed by atoms with Gasteiger partial charge in [-0.15, -0.1) is 0 Å². The van der Waals surface area contributed by atoms with Crippen LogP contribution in [-0.2, 0) is 37.9 Å². The summed E-state index contributed by atoms with van der Waals surface area (Å²) in [6, 6.07) is 0. The van der Waals surface area contributed by atoms with Gasteiger partial charge in [0.15, 0.2) is 25.2 Å². The Morgan fingerprint density at radius 3 is 1.39 bits per heavy atom. The third-order valence-corrected chi connectivity index (χ3v) is 8.67. The third-order valence-electron chi connectivity index (χ3n) is 8.67. The molecule has 18 nitrogen and oxygen atoms in total. The normalized spacial score (nSPS) is 53.9. The average molecular weight is 647 g/mol. The first-order valence-corrected chi connectivity index (χ1v) is 14.5. The summed E-state index contributed by atoms with van der Waals surface area (Å²) in [6.45, 7) is 3.08. The van der Waals surface area contributed by atoms with Crippen LogP contribution in [-0.4, -0.2) is 188 Å². The number of rotatable bonds is 9. The molecule has 0 aromatic rings. The van der Waals surface area contributed by atoms with Crippen LogP contribution in [0.4, 0.5) is 0 Å². The molecule has 20 atom stereocenters. The van der Waals surface area contributed by atoms with Crippen LogP contribution >= 0.6 is 0 Å². The lowest BCUT2D eigenvalue weighted by Gasteiger charge is -2.50. The Bertz CT molecular complexity index is 901. The van der Waals surface area contributed by atoms with E-state index in [2.05, 4.69) is 0 Å². The Hall–Kier alpha value is -0.720. The molecule has 4 heterocycles. The van der Waals surface area contributed by atoms with Crippen molar-refractivity contribution in [1.82, 2.24) is 0 Å². The van der Waals surface area contributed by atoms with Crippen LogP contribution in [0.15, 0.2) is 0 Å². The highest BCUT2D eigenvalue weighted by Crippen LogP contribution is 2.37. The quantitative estimate of drug-likeness (QED) is 0.112.